The molecule has 31 heavy (non-hydrogen) atoms. The Kier molecular flexibility index (Phi) is 5.52. The molecule has 0 saturated heterocycles. The summed E-state index contributed by atoms with van der Waals surface area (Å²) in [5.41, 5.74) is 0.302. The van der Waals surface area contributed by atoms with Crippen LogP contribution in [-0.2, 0) is 11.3 Å². The summed E-state index contributed by atoms with van der Waals surface area (Å²) < 4.78 is 37.1. The fourth-order valence-electron chi connectivity index (χ4n) is 4.01. The number of nitrogens with zero attached hydrogens (tertiary/aromatic N) is 2. The first-order chi connectivity index (χ1) is 14.8. The molecule has 5 nitrogen and oxygen atoms in total. The van der Waals surface area contributed by atoms with Gasteiger partial charge >= 0.3 is 5.97 Å². The standard InChI is InChI=1S/C24H24F2N2O3/c1-4-31-24(30)17-13-28(16-10-11-16)21-14(2)19(25)20(26)22(18(21)23(17)29)27(3)12-15-8-6-5-7-9-15/h5-9,13,16H,4,10-12H2,1-3H3. The SMILES string of the molecule is CCOC(=O)c1cn(C2CC2)c2c(C)c(F)c(F)c(N(C)Cc3ccccc3)c2c1=O. The van der Waals surface area contributed by atoms with Gasteiger partial charge in [-0.1, -0.05) is 30.3 Å². The van der Waals surface area contributed by atoms with Gasteiger partial charge in [-0.05, 0) is 32.3 Å². The molecule has 0 aliphatic heterocycles. The largest absolute Gasteiger partial charge is 0.462 e. The van der Waals surface area contributed by atoms with Crippen LogP contribution in [0.2, 0.25) is 0 Å². The van der Waals surface area contributed by atoms with E-state index in [4.69, 9.17) is 4.74 Å². The predicted octanol–water partition coefficient (Wildman–Crippen LogP) is 4.74. The Morgan fingerprint density at radius 1 is 1.19 bits per heavy atom. The van der Waals surface area contributed by atoms with E-state index in [9.17, 15) is 14.0 Å². The fourth-order valence-corrected chi connectivity index (χ4v) is 4.01. The first kappa shape index (κ1) is 21.0. The Morgan fingerprint density at radius 3 is 2.48 bits per heavy atom. The Morgan fingerprint density at radius 2 is 1.87 bits per heavy atom. The molecule has 1 aromatic heterocycles. The quantitative estimate of drug-likeness (QED) is 0.535. The van der Waals surface area contributed by atoms with Crippen molar-refractivity contribution in [3.05, 3.63) is 75.1 Å². The maximum atomic E-state index is 15.3. The molecule has 2 aromatic carbocycles. The predicted molar refractivity (Wildman–Crippen MR) is 116 cm³/mol. The highest BCUT2D eigenvalue weighted by atomic mass is 19.2. The number of aromatic nitrogens is 1. The first-order valence-corrected chi connectivity index (χ1v) is 10.3. The van der Waals surface area contributed by atoms with Gasteiger partial charge in [0.25, 0.3) is 0 Å². The number of pyridine rings is 1. The Balaban J connectivity index is 2.02. The molecule has 1 saturated carbocycles. The molecule has 0 N–H and O–H groups in total. The lowest BCUT2D eigenvalue weighted by Crippen LogP contribution is -2.26. The molecule has 0 unspecified atom stereocenters. The van der Waals surface area contributed by atoms with Crippen molar-refractivity contribution >= 4 is 22.6 Å². The van der Waals surface area contributed by atoms with Crippen molar-refractivity contribution in [2.75, 3.05) is 18.6 Å². The van der Waals surface area contributed by atoms with Crippen LogP contribution in [0.15, 0.2) is 41.3 Å². The van der Waals surface area contributed by atoms with Gasteiger partial charge in [-0.25, -0.2) is 13.6 Å². The van der Waals surface area contributed by atoms with Crippen molar-refractivity contribution in [2.24, 2.45) is 0 Å². The number of carbonyl (C=O) groups is 1. The summed E-state index contributed by atoms with van der Waals surface area (Å²) in [6.45, 7) is 3.49. The Labute approximate surface area is 178 Å². The van der Waals surface area contributed by atoms with Crippen LogP contribution in [-0.4, -0.2) is 24.2 Å². The van der Waals surface area contributed by atoms with E-state index in [1.807, 2.05) is 30.3 Å². The summed E-state index contributed by atoms with van der Waals surface area (Å²) >= 11 is 0. The minimum absolute atomic E-state index is 0.00674. The van der Waals surface area contributed by atoms with Gasteiger partial charge in [-0.3, -0.25) is 4.79 Å². The average Bonchev–Trinajstić information content (AvgIpc) is 3.59. The zero-order chi connectivity index (χ0) is 22.3. The van der Waals surface area contributed by atoms with Crippen LogP contribution in [0.25, 0.3) is 10.9 Å². The van der Waals surface area contributed by atoms with E-state index >= 15 is 4.39 Å². The number of hydrogen-bond acceptors (Lipinski definition) is 4. The molecule has 0 atom stereocenters. The van der Waals surface area contributed by atoms with E-state index in [0.717, 1.165) is 18.4 Å². The second kappa shape index (κ2) is 8.13. The highest BCUT2D eigenvalue weighted by Crippen LogP contribution is 2.41. The van der Waals surface area contributed by atoms with Crippen molar-refractivity contribution in [1.82, 2.24) is 4.57 Å². The molecule has 7 heteroatoms. The van der Waals surface area contributed by atoms with E-state index in [1.54, 1.807) is 18.5 Å². The fraction of sp³-hybridized carbons (Fsp3) is 0.333. The van der Waals surface area contributed by atoms with E-state index in [2.05, 4.69) is 0 Å². The molecule has 0 spiro atoms. The minimum atomic E-state index is -1.09. The molecule has 1 fully saturated rings. The topological polar surface area (TPSA) is 51.5 Å². The van der Waals surface area contributed by atoms with E-state index in [-0.39, 0.29) is 41.4 Å². The molecule has 162 valence electrons. The number of rotatable bonds is 6. The molecule has 0 bridgehead atoms. The molecule has 1 aliphatic carbocycles. The molecule has 3 aromatic rings. The molecule has 0 amide bonds. The van der Waals surface area contributed by atoms with Crippen LogP contribution in [0.1, 0.15) is 47.3 Å². The molecule has 0 radical (unpaired) electrons. The second-order valence-corrected chi connectivity index (χ2v) is 7.90. The van der Waals surface area contributed by atoms with E-state index < -0.39 is 23.0 Å². The smallest absolute Gasteiger partial charge is 0.343 e. The minimum Gasteiger partial charge on any atom is -0.462 e. The maximum Gasteiger partial charge on any atom is 0.343 e. The summed E-state index contributed by atoms with van der Waals surface area (Å²) in [6.07, 6.45) is 3.12. The highest BCUT2D eigenvalue weighted by molar-refractivity contribution is 6.00. The van der Waals surface area contributed by atoms with Gasteiger partial charge in [0.05, 0.1) is 23.2 Å². The number of carbonyl (C=O) groups excluding carboxylic acids is 1. The first-order valence-electron chi connectivity index (χ1n) is 10.3. The van der Waals surface area contributed by atoms with E-state index in [1.165, 1.54) is 18.0 Å². The number of hydrogen-bond donors (Lipinski definition) is 0. The van der Waals surface area contributed by atoms with Gasteiger partial charge in [-0.15, -0.1) is 0 Å². The molecular formula is C24H24F2N2O3. The Bertz CT molecular complexity index is 1220. The number of esters is 1. The lowest BCUT2D eigenvalue weighted by Gasteiger charge is -2.25. The third kappa shape index (κ3) is 3.69. The number of anilines is 1. The average molecular weight is 426 g/mol. The van der Waals surface area contributed by atoms with Crippen molar-refractivity contribution in [1.29, 1.82) is 0 Å². The van der Waals surface area contributed by atoms with Gasteiger partial charge in [0.2, 0.25) is 5.43 Å². The van der Waals surface area contributed by atoms with Crippen LogP contribution in [0.5, 0.6) is 0 Å². The third-order valence-corrected chi connectivity index (χ3v) is 5.64. The third-order valence-electron chi connectivity index (χ3n) is 5.64. The lowest BCUT2D eigenvalue weighted by atomic mass is 10.0. The van der Waals surface area contributed by atoms with Crippen molar-refractivity contribution in [3.8, 4) is 0 Å². The van der Waals surface area contributed by atoms with Gasteiger partial charge in [-0.2, -0.15) is 0 Å². The zero-order valence-electron chi connectivity index (χ0n) is 17.7. The van der Waals surface area contributed by atoms with Crippen molar-refractivity contribution < 1.29 is 18.3 Å². The van der Waals surface area contributed by atoms with Crippen molar-refractivity contribution in [3.63, 3.8) is 0 Å². The molecule has 1 aliphatic rings. The van der Waals surface area contributed by atoms with Crippen LogP contribution in [0.3, 0.4) is 0 Å². The normalized spacial score (nSPS) is 13.5. The van der Waals surface area contributed by atoms with Gasteiger partial charge < -0.3 is 14.2 Å². The van der Waals surface area contributed by atoms with Gasteiger partial charge in [0, 0.05) is 31.4 Å². The van der Waals surface area contributed by atoms with E-state index in [0.29, 0.717) is 5.52 Å². The number of benzene rings is 2. The monoisotopic (exact) mass is 426 g/mol. The van der Waals surface area contributed by atoms with Crippen LogP contribution < -0.4 is 10.3 Å². The maximum absolute atomic E-state index is 15.3. The summed E-state index contributed by atoms with van der Waals surface area (Å²) in [6, 6.07) is 9.34. The summed E-state index contributed by atoms with van der Waals surface area (Å²) in [4.78, 5) is 27.4. The number of ether oxygens (including phenoxy) is 1. The van der Waals surface area contributed by atoms with Gasteiger partial charge in [0.15, 0.2) is 11.6 Å². The second-order valence-electron chi connectivity index (χ2n) is 7.90. The Hall–Kier alpha value is -3.22. The lowest BCUT2D eigenvalue weighted by molar-refractivity contribution is 0.0524. The highest BCUT2D eigenvalue weighted by Gasteiger charge is 2.32. The number of halogens is 2. The van der Waals surface area contributed by atoms with Crippen LogP contribution >= 0.6 is 0 Å². The number of fused-ring (bicyclic) bond motifs is 1. The van der Waals surface area contributed by atoms with Crippen LogP contribution in [0.4, 0.5) is 14.5 Å². The summed E-state index contributed by atoms with van der Waals surface area (Å²) in [7, 11) is 1.61. The summed E-state index contributed by atoms with van der Waals surface area (Å²) in [5.74, 6) is -2.84. The molecule has 1 heterocycles. The molecule has 4 rings (SSSR count). The van der Waals surface area contributed by atoms with Crippen LogP contribution in [0, 0.1) is 18.6 Å². The zero-order valence-corrected chi connectivity index (χ0v) is 17.7. The summed E-state index contributed by atoms with van der Waals surface area (Å²) in [5, 5.41) is 0.00674. The van der Waals surface area contributed by atoms with Crippen molar-refractivity contribution in [2.45, 2.75) is 39.3 Å². The van der Waals surface area contributed by atoms with Gasteiger partial charge in [0.1, 0.15) is 5.56 Å². The number of aryl methyl sites for hydroxylation is 1. The molecular weight excluding hydrogens is 402 g/mol.